The molecule has 16 heavy (non-hydrogen) atoms. The number of thiocarbonyl (C=S) groups is 1. The van der Waals surface area contributed by atoms with Gasteiger partial charge in [0.1, 0.15) is 10.0 Å². The van der Waals surface area contributed by atoms with E-state index in [-0.39, 0.29) is 5.72 Å². The van der Waals surface area contributed by atoms with E-state index < -0.39 is 0 Å². The quantitative estimate of drug-likeness (QED) is 0.556. The lowest BCUT2D eigenvalue weighted by Gasteiger charge is -2.40. The number of nitrogens with zero attached hydrogens (tertiary/aromatic N) is 1. The van der Waals surface area contributed by atoms with E-state index in [0.717, 1.165) is 36.1 Å². The first-order chi connectivity index (χ1) is 7.78. The maximum absolute atomic E-state index is 5.94. The Balaban J connectivity index is 2.01. The van der Waals surface area contributed by atoms with Crippen LogP contribution in [-0.4, -0.2) is 33.8 Å². The zero-order valence-electron chi connectivity index (χ0n) is 9.48. The Bertz CT molecular complexity index is 274. The summed E-state index contributed by atoms with van der Waals surface area (Å²) in [7, 11) is 0. The number of rotatable bonds is 2. The second kappa shape index (κ2) is 5.52. The Morgan fingerprint density at radius 1 is 1.62 bits per heavy atom. The van der Waals surface area contributed by atoms with E-state index in [9.17, 15) is 0 Å². The SMILES string of the molecule is C=CCSC(=S)N1CCOC12[CH]CCCC2. The van der Waals surface area contributed by atoms with Gasteiger partial charge in [-0.05, 0) is 19.3 Å². The first-order valence-electron chi connectivity index (χ1n) is 5.82. The van der Waals surface area contributed by atoms with Crippen LogP contribution in [0.1, 0.15) is 25.7 Å². The Hall–Kier alpha value is -0.0600. The van der Waals surface area contributed by atoms with Gasteiger partial charge in [0.2, 0.25) is 0 Å². The van der Waals surface area contributed by atoms with Gasteiger partial charge in [-0.1, -0.05) is 36.5 Å². The molecule has 89 valence electrons. The fourth-order valence-corrected chi connectivity index (χ4v) is 3.48. The third-order valence-corrected chi connectivity index (χ3v) is 4.56. The van der Waals surface area contributed by atoms with Crippen molar-refractivity contribution in [1.82, 2.24) is 4.90 Å². The van der Waals surface area contributed by atoms with Gasteiger partial charge in [-0.15, -0.1) is 6.58 Å². The summed E-state index contributed by atoms with van der Waals surface area (Å²) in [5, 5.41) is 0. The molecule has 2 fully saturated rings. The van der Waals surface area contributed by atoms with Gasteiger partial charge in [-0.25, -0.2) is 0 Å². The van der Waals surface area contributed by atoms with E-state index in [4.69, 9.17) is 17.0 Å². The molecule has 0 amide bonds. The summed E-state index contributed by atoms with van der Waals surface area (Å²) in [4.78, 5) is 2.26. The fraction of sp³-hybridized carbons (Fsp3) is 0.667. The maximum atomic E-state index is 5.94. The van der Waals surface area contributed by atoms with Crippen molar-refractivity contribution in [3.63, 3.8) is 0 Å². The molecule has 2 rings (SSSR count). The first-order valence-corrected chi connectivity index (χ1v) is 7.21. The minimum Gasteiger partial charge on any atom is -0.353 e. The summed E-state index contributed by atoms with van der Waals surface area (Å²) in [6.45, 7) is 5.45. The van der Waals surface area contributed by atoms with Crippen LogP contribution in [0.15, 0.2) is 12.7 Å². The molecule has 0 aromatic rings. The molecule has 1 saturated heterocycles. The van der Waals surface area contributed by atoms with Gasteiger partial charge in [0.25, 0.3) is 0 Å². The summed E-state index contributed by atoms with van der Waals surface area (Å²) in [6.07, 6.45) is 8.95. The maximum Gasteiger partial charge on any atom is 0.145 e. The standard InChI is InChI=1S/C12H18NOS2/c1-2-10-16-11(15)13-8-9-14-12(13)6-4-3-5-7-12/h2,6H,1,3-5,7-10H2. The number of hydrogen-bond donors (Lipinski definition) is 0. The summed E-state index contributed by atoms with van der Waals surface area (Å²) in [5.74, 6) is 0.880. The van der Waals surface area contributed by atoms with E-state index in [1.54, 1.807) is 11.8 Å². The molecule has 1 heterocycles. The third-order valence-electron chi connectivity index (χ3n) is 3.12. The van der Waals surface area contributed by atoms with Gasteiger partial charge < -0.3 is 9.64 Å². The zero-order valence-corrected chi connectivity index (χ0v) is 11.1. The van der Waals surface area contributed by atoms with Crippen molar-refractivity contribution < 1.29 is 4.74 Å². The fourth-order valence-electron chi connectivity index (χ4n) is 2.36. The highest BCUT2D eigenvalue weighted by Crippen LogP contribution is 2.38. The molecule has 1 unspecified atom stereocenters. The normalized spacial score (nSPS) is 23.6. The Morgan fingerprint density at radius 3 is 3.19 bits per heavy atom. The molecular weight excluding hydrogens is 238 g/mol. The molecule has 1 spiro atoms. The predicted octanol–water partition coefficient (Wildman–Crippen LogP) is 3.00. The average Bonchev–Trinajstić information content (AvgIpc) is 2.70. The number of thioether (sulfide) groups is 1. The van der Waals surface area contributed by atoms with Crippen molar-refractivity contribution in [2.75, 3.05) is 18.9 Å². The van der Waals surface area contributed by atoms with Gasteiger partial charge in [0.15, 0.2) is 0 Å². The van der Waals surface area contributed by atoms with Crippen molar-refractivity contribution in [1.29, 1.82) is 0 Å². The summed E-state index contributed by atoms with van der Waals surface area (Å²) in [6, 6.07) is 0. The van der Waals surface area contributed by atoms with Crippen LogP contribution in [0.4, 0.5) is 0 Å². The topological polar surface area (TPSA) is 12.5 Å². The van der Waals surface area contributed by atoms with E-state index >= 15 is 0 Å². The first kappa shape index (κ1) is 12.4. The molecule has 1 radical (unpaired) electrons. The summed E-state index contributed by atoms with van der Waals surface area (Å²) in [5.41, 5.74) is -0.177. The lowest BCUT2D eigenvalue weighted by atomic mass is 9.91. The highest BCUT2D eigenvalue weighted by atomic mass is 32.2. The molecule has 0 aromatic carbocycles. The monoisotopic (exact) mass is 256 g/mol. The van der Waals surface area contributed by atoms with Crippen molar-refractivity contribution in [3.8, 4) is 0 Å². The van der Waals surface area contributed by atoms with Crippen LogP contribution in [0.5, 0.6) is 0 Å². The predicted molar refractivity (Wildman–Crippen MR) is 73.4 cm³/mol. The second-order valence-corrected chi connectivity index (χ2v) is 5.81. The van der Waals surface area contributed by atoms with E-state index in [0.29, 0.717) is 0 Å². The van der Waals surface area contributed by atoms with Crippen LogP contribution in [-0.2, 0) is 4.74 Å². The zero-order chi connectivity index (χ0) is 11.4. The highest BCUT2D eigenvalue weighted by Gasteiger charge is 2.44. The van der Waals surface area contributed by atoms with Crippen LogP contribution in [0.3, 0.4) is 0 Å². The van der Waals surface area contributed by atoms with Crippen molar-refractivity contribution >= 4 is 28.3 Å². The third kappa shape index (κ3) is 2.44. The molecule has 0 bridgehead atoms. The minimum atomic E-state index is -0.177. The second-order valence-electron chi connectivity index (χ2n) is 4.16. The van der Waals surface area contributed by atoms with Gasteiger partial charge in [0.05, 0.1) is 6.61 Å². The number of hydrogen-bond acceptors (Lipinski definition) is 3. The molecule has 0 N–H and O–H groups in total. The van der Waals surface area contributed by atoms with Crippen LogP contribution in [0.25, 0.3) is 0 Å². The van der Waals surface area contributed by atoms with Crippen LogP contribution < -0.4 is 0 Å². The van der Waals surface area contributed by atoms with E-state index in [1.807, 2.05) is 6.08 Å². The largest absolute Gasteiger partial charge is 0.353 e. The number of ether oxygens (including phenoxy) is 1. The lowest BCUT2D eigenvalue weighted by molar-refractivity contribution is -0.0427. The van der Waals surface area contributed by atoms with Crippen molar-refractivity contribution in [2.45, 2.75) is 31.4 Å². The van der Waals surface area contributed by atoms with Gasteiger partial charge in [0, 0.05) is 18.7 Å². The lowest BCUT2D eigenvalue weighted by Crippen LogP contribution is -2.48. The van der Waals surface area contributed by atoms with Crippen molar-refractivity contribution in [2.24, 2.45) is 0 Å². The molecular formula is C12H18NOS2. The van der Waals surface area contributed by atoms with Gasteiger partial charge >= 0.3 is 0 Å². The van der Waals surface area contributed by atoms with Gasteiger partial charge in [-0.2, -0.15) is 0 Å². The molecule has 0 aromatic heterocycles. The molecule has 2 nitrogen and oxygen atoms in total. The molecule has 1 aliphatic heterocycles. The molecule has 2 aliphatic rings. The van der Waals surface area contributed by atoms with Crippen LogP contribution in [0, 0.1) is 6.42 Å². The molecule has 4 heteroatoms. The highest BCUT2D eigenvalue weighted by molar-refractivity contribution is 8.23. The van der Waals surface area contributed by atoms with Crippen molar-refractivity contribution in [3.05, 3.63) is 19.1 Å². The molecule has 1 aliphatic carbocycles. The average molecular weight is 256 g/mol. The minimum absolute atomic E-state index is 0.177. The Labute approximate surface area is 107 Å². The van der Waals surface area contributed by atoms with E-state index in [2.05, 4.69) is 17.9 Å². The summed E-state index contributed by atoms with van der Waals surface area (Å²) >= 11 is 7.15. The van der Waals surface area contributed by atoms with E-state index in [1.165, 1.54) is 12.8 Å². The van der Waals surface area contributed by atoms with Crippen LogP contribution >= 0.6 is 24.0 Å². The van der Waals surface area contributed by atoms with Crippen LogP contribution in [0.2, 0.25) is 0 Å². The molecule has 1 saturated carbocycles. The summed E-state index contributed by atoms with van der Waals surface area (Å²) < 4.78 is 6.89. The smallest absolute Gasteiger partial charge is 0.145 e. The molecule has 1 atom stereocenters. The Morgan fingerprint density at radius 2 is 2.50 bits per heavy atom. The van der Waals surface area contributed by atoms with Gasteiger partial charge in [-0.3, -0.25) is 0 Å². The Kier molecular flexibility index (Phi) is 4.27.